The molecule has 0 spiro atoms. The Morgan fingerprint density at radius 3 is 1.35 bits per heavy atom. The second kappa shape index (κ2) is 18.8. The van der Waals surface area contributed by atoms with E-state index in [1.807, 2.05) is 0 Å². The van der Waals surface area contributed by atoms with Crippen LogP contribution in [-0.4, -0.2) is 122 Å². The normalized spacial score (nSPS) is 15.2. The van der Waals surface area contributed by atoms with Crippen LogP contribution in [0.2, 0.25) is 0 Å². The van der Waals surface area contributed by atoms with Crippen LogP contribution in [0, 0.1) is 5.92 Å². The number of ether oxygens (including phenoxy) is 4. The van der Waals surface area contributed by atoms with E-state index in [2.05, 4.69) is 53.1 Å². The van der Waals surface area contributed by atoms with Crippen LogP contribution >= 0.6 is 20.4 Å². The molecule has 0 amide bonds. The van der Waals surface area contributed by atoms with Crippen molar-refractivity contribution in [2.75, 3.05) is 77.1 Å². The quantitative estimate of drug-likeness (QED) is 0.148. The Balaban J connectivity index is 5.74. The lowest BCUT2D eigenvalue weighted by molar-refractivity contribution is -0.154. The molecule has 40 heavy (non-hydrogen) atoms. The Hall–Kier alpha value is -1.50. The molecule has 0 N–H and O–H groups in total. The molecule has 0 aromatic rings. The maximum absolute atomic E-state index is 12.9. The summed E-state index contributed by atoms with van der Waals surface area (Å²) in [6.45, 7) is 11.3. The third kappa shape index (κ3) is 14.4. The van der Waals surface area contributed by atoms with E-state index in [4.69, 9.17) is 18.9 Å². The first-order chi connectivity index (χ1) is 18.5. The van der Waals surface area contributed by atoms with Crippen molar-refractivity contribution in [3.63, 3.8) is 0 Å². The zero-order valence-electron chi connectivity index (χ0n) is 26.8. The summed E-state index contributed by atoms with van der Waals surface area (Å²) in [5.74, 6) is -1.47. The average Bonchev–Trinajstić information content (AvgIpc) is 2.82. The highest BCUT2D eigenvalue weighted by Crippen LogP contribution is 2.44. The maximum atomic E-state index is 12.9. The standard InChI is InChI=1S/C28H56N2O8S2/c1-12-35-25(31)19-23(27(33)37-14-3)29(39(6,7)8)18-16-17-22(5)21-30(40(9,10)11)24(28(34)38-15-4)20-26(32)36-13-2/h22-24H,12-21H2,1-11H3. The molecule has 0 saturated heterocycles. The number of esters is 4. The van der Waals surface area contributed by atoms with Crippen LogP contribution in [0.3, 0.4) is 0 Å². The lowest BCUT2D eigenvalue weighted by atomic mass is 10.0. The van der Waals surface area contributed by atoms with Crippen LogP contribution in [0.4, 0.5) is 0 Å². The first kappa shape index (κ1) is 38.5. The molecule has 3 unspecified atom stereocenters. The van der Waals surface area contributed by atoms with Crippen molar-refractivity contribution in [2.45, 2.75) is 72.4 Å². The molecular weight excluding hydrogens is 556 g/mol. The van der Waals surface area contributed by atoms with Crippen LogP contribution in [0.15, 0.2) is 0 Å². The van der Waals surface area contributed by atoms with Crippen molar-refractivity contribution in [2.24, 2.45) is 5.92 Å². The summed E-state index contributed by atoms with van der Waals surface area (Å²) >= 11 is 0. The van der Waals surface area contributed by atoms with Gasteiger partial charge in [0.05, 0.1) is 39.3 Å². The van der Waals surface area contributed by atoms with E-state index >= 15 is 0 Å². The highest BCUT2D eigenvalue weighted by Gasteiger charge is 2.37. The molecule has 10 nitrogen and oxygen atoms in total. The third-order valence-electron chi connectivity index (χ3n) is 6.12. The van der Waals surface area contributed by atoms with Crippen LogP contribution in [0.1, 0.15) is 60.3 Å². The van der Waals surface area contributed by atoms with Gasteiger partial charge in [-0.3, -0.25) is 27.8 Å². The molecule has 0 rings (SSSR count). The molecule has 3 atom stereocenters. The Labute approximate surface area is 246 Å². The van der Waals surface area contributed by atoms with Crippen molar-refractivity contribution in [1.82, 2.24) is 8.61 Å². The summed E-state index contributed by atoms with van der Waals surface area (Å²) in [6, 6.07) is -1.43. The van der Waals surface area contributed by atoms with Gasteiger partial charge in [-0.2, -0.15) is 20.4 Å². The summed E-state index contributed by atoms with van der Waals surface area (Å²) in [5.41, 5.74) is 0. The highest BCUT2D eigenvalue weighted by atomic mass is 32.3. The largest absolute Gasteiger partial charge is 0.466 e. The zero-order valence-corrected chi connectivity index (χ0v) is 28.4. The van der Waals surface area contributed by atoms with Gasteiger partial charge in [0.2, 0.25) is 0 Å². The summed E-state index contributed by atoms with van der Waals surface area (Å²) in [6.07, 6.45) is 14.1. The Kier molecular flexibility index (Phi) is 18.1. The van der Waals surface area contributed by atoms with Gasteiger partial charge in [0.1, 0.15) is 12.1 Å². The first-order valence-electron chi connectivity index (χ1n) is 14.1. The SMILES string of the molecule is CCOC(=O)CC(C(=O)OCC)N(CCCC(C)CN(C(CC(=O)OCC)C(=O)OCC)S(C)(C)C)S(C)(C)C. The molecule has 0 aromatic carbocycles. The lowest BCUT2D eigenvalue weighted by Crippen LogP contribution is -2.46. The van der Waals surface area contributed by atoms with Gasteiger partial charge in [-0.1, -0.05) is 6.92 Å². The number of nitrogens with zero attached hydrogens (tertiary/aromatic N) is 2. The van der Waals surface area contributed by atoms with Crippen LogP contribution in [-0.2, 0) is 38.1 Å². The fourth-order valence-electron chi connectivity index (χ4n) is 4.38. The molecule has 0 aliphatic rings. The van der Waals surface area contributed by atoms with E-state index in [9.17, 15) is 19.2 Å². The second-order valence-electron chi connectivity index (χ2n) is 11.1. The van der Waals surface area contributed by atoms with Crippen LogP contribution in [0.5, 0.6) is 0 Å². The van der Waals surface area contributed by atoms with Crippen molar-refractivity contribution in [3.8, 4) is 0 Å². The third-order valence-corrected chi connectivity index (χ3v) is 9.77. The Morgan fingerprint density at radius 1 is 0.625 bits per heavy atom. The first-order valence-corrected chi connectivity index (χ1v) is 19.7. The molecule has 12 heteroatoms. The van der Waals surface area contributed by atoms with Gasteiger partial charge in [0.15, 0.2) is 0 Å². The van der Waals surface area contributed by atoms with Crippen molar-refractivity contribution < 1.29 is 38.1 Å². The van der Waals surface area contributed by atoms with Gasteiger partial charge >= 0.3 is 23.9 Å². The zero-order chi connectivity index (χ0) is 31.1. The number of hydrogen-bond donors (Lipinski definition) is 0. The van der Waals surface area contributed by atoms with E-state index in [-0.39, 0.29) is 45.2 Å². The van der Waals surface area contributed by atoms with E-state index < -0.39 is 56.4 Å². The molecule has 0 heterocycles. The number of hydrogen-bond acceptors (Lipinski definition) is 10. The molecule has 238 valence electrons. The topological polar surface area (TPSA) is 112 Å². The van der Waals surface area contributed by atoms with Crippen LogP contribution < -0.4 is 0 Å². The van der Waals surface area contributed by atoms with Crippen molar-refractivity contribution in [1.29, 1.82) is 0 Å². The molecular formula is C28H56N2O8S2. The van der Waals surface area contributed by atoms with Gasteiger partial charge < -0.3 is 18.9 Å². The number of rotatable bonds is 20. The molecule has 0 radical (unpaired) electrons. The molecule has 0 aliphatic heterocycles. The highest BCUT2D eigenvalue weighted by molar-refractivity contribution is 8.30. The smallest absolute Gasteiger partial charge is 0.324 e. The molecule has 0 saturated carbocycles. The lowest BCUT2D eigenvalue weighted by Gasteiger charge is -2.45. The fraction of sp³-hybridized carbons (Fsp3) is 0.857. The summed E-state index contributed by atoms with van der Waals surface area (Å²) in [5, 5.41) is 0. The fourth-order valence-corrected chi connectivity index (χ4v) is 7.60. The predicted octanol–water partition coefficient (Wildman–Crippen LogP) is 3.99. The van der Waals surface area contributed by atoms with Crippen molar-refractivity contribution >= 4 is 44.3 Å². The Morgan fingerprint density at radius 2 is 1.00 bits per heavy atom. The Bertz CT molecular complexity index is 798. The maximum Gasteiger partial charge on any atom is 0.324 e. The summed E-state index contributed by atoms with van der Waals surface area (Å²) in [7, 11) is -2.77. The minimum Gasteiger partial charge on any atom is -0.466 e. The average molecular weight is 613 g/mol. The van der Waals surface area contributed by atoms with Gasteiger partial charge in [-0.05, 0) is 84.0 Å². The minimum atomic E-state index is -1.39. The molecule has 0 bridgehead atoms. The minimum absolute atomic E-state index is 0.0528. The van der Waals surface area contributed by atoms with Gasteiger partial charge in [-0.15, -0.1) is 0 Å². The van der Waals surface area contributed by atoms with Gasteiger partial charge in [0, 0.05) is 13.1 Å². The van der Waals surface area contributed by atoms with Crippen LogP contribution in [0.25, 0.3) is 0 Å². The summed E-state index contributed by atoms with van der Waals surface area (Å²) in [4.78, 5) is 50.6. The predicted molar refractivity (Wildman–Crippen MR) is 166 cm³/mol. The molecule has 0 aromatic heterocycles. The molecule has 0 aliphatic carbocycles. The van der Waals surface area contributed by atoms with E-state index in [0.717, 1.165) is 12.8 Å². The monoisotopic (exact) mass is 612 g/mol. The van der Waals surface area contributed by atoms with Gasteiger partial charge in [0.25, 0.3) is 0 Å². The number of carbonyl (C=O) groups is 4. The van der Waals surface area contributed by atoms with Gasteiger partial charge in [-0.25, -0.2) is 0 Å². The summed E-state index contributed by atoms with van der Waals surface area (Å²) < 4.78 is 25.2. The van der Waals surface area contributed by atoms with E-state index in [0.29, 0.717) is 13.1 Å². The molecule has 0 fully saturated rings. The second-order valence-corrected chi connectivity index (χ2v) is 19.1. The number of carbonyl (C=O) groups excluding carboxylic acids is 4. The van der Waals surface area contributed by atoms with Crippen molar-refractivity contribution in [3.05, 3.63) is 0 Å². The van der Waals surface area contributed by atoms with E-state index in [1.54, 1.807) is 27.7 Å². The van der Waals surface area contributed by atoms with E-state index in [1.165, 1.54) is 0 Å².